The minimum atomic E-state index is -0.713. The van der Waals surface area contributed by atoms with Crippen LogP contribution in [0.2, 0.25) is 0 Å². The number of benzene rings is 1. The van der Waals surface area contributed by atoms with Gasteiger partial charge in [0.05, 0.1) is 21.5 Å². The van der Waals surface area contributed by atoms with E-state index in [2.05, 4.69) is 0 Å². The average Bonchev–Trinajstić information content (AvgIpc) is 2.36. The molecule has 1 aromatic rings. The second-order valence-corrected chi connectivity index (χ2v) is 5.05. The van der Waals surface area contributed by atoms with Gasteiger partial charge in [-0.1, -0.05) is 6.92 Å². The van der Waals surface area contributed by atoms with Gasteiger partial charge in [-0.15, -0.1) is 0 Å². The first-order valence-corrected chi connectivity index (χ1v) is 6.21. The van der Waals surface area contributed by atoms with Crippen molar-refractivity contribution in [3.05, 3.63) is 44.0 Å². The fraction of sp³-hybridized carbons (Fsp3) is 0.500. The fourth-order valence-electron chi connectivity index (χ4n) is 2.33. The highest BCUT2D eigenvalue weighted by Gasteiger charge is 2.39. The molecule has 0 aliphatic carbocycles. The number of nitrogens with zero attached hydrogens (tertiary/aromatic N) is 3. The van der Waals surface area contributed by atoms with Crippen molar-refractivity contribution in [2.75, 3.05) is 13.1 Å². The minimum absolute atomic E-state index is 0.258. The van der Waals surface area contributed by atoms with E-state index in [1.165, 1.54) is 12.1 Å². The van der Waals surface area contributed by atoms with Crippen LogP contribution >= 0.6 is 0 Å². The van der Waals surface area contributed by atoms with Crippen LogP contribution in [0.1, 0.15) is 18.9 Å². The minimum Gasteiger partial charge on any atom is -0.387 e. The molecule has 1 heterocycles. The largest absolute Gasteiger partial charge is 0.387 e. The molecule has 20 heavy (non-hydrogen) atoms. The molecule has 1 fully saturated rings. The van der Waals surface area contributed by atoms with E-state index < -0.39 is 15.4 Å². The van der Waals surface area contributed by atoms with E-state index in [0.717, 1.165) is 6.07 Å². The van der Waals surface area contributed by atoms with E-state index in [1.54, 1.807) is 0 Å². The monoisotopic (exact) mass is 281 g/mol. The third-order valence-electron chi connectivity index (χ3n) is 3.56. The maximum atomic E-state index is 11.0. The smallest absolute Gasteiger partial charge is 0.280 e. The molecular formula is C12H15N3O5. The van der Waals surface area contributed by atoms with Crippen LogP contribution in [0, 0.1) is 20.2 Å². The Hall–Kier alpha value is -2.06. The highest BCUT2D eigenvalue weighted by molar-refractivity contribution is 5.49. The highest BCUT2D eigenvalue weighted by atomic mass is 16.6. The molecule has 1 aliphatic heterocycles. The van der Waals surface area contributed by atoms with Crippen LogP contribution in [0.4, 0.5) is 11.4 Å². The lowest BCUT2D eigenvalue weighted by molar-refractivity contribution is -0.394. The Kier molecular flexibility index (Phi) is 3.69. The summed E-state index contributed by atoms with van der Waals surface area (Å²) in [6, 6.07) is 3.63. The van der Waals surface area contributed by atoms with E-state index in [-0.39, 0.29) is 11.4 Å². The Balaban J connectivity index is 2.16. The van der Waals surface area contributed by atoms with Crippen LogP contribution in [-0.2, 0) is 6.54 Å². The zero-order valence-electron chi connectivity index (χ0n) is 11.0. The van der Waals surface area contributed by atoms with Crippen molar-refractivity contribution >= 4 is 11.4 Å². The number of β-amino-alcohol motifs (C(OH)–C–C–N with tert-alkyl or cyclic N) is 1. The lowest BCUT2D eigenvalue weighted by Crippen LogP contribution is -2.60. The summed E-state index contributed by atoms with van der Waals surface area (Å²) in [7, 11) is 0. The number of rotatable bonds is 5. The average molecular weight is 281 g/mol. The standard InChI is InChI=1S/C12H15N3O5/c1-2-12(16)7-13(8-12)6-9-3-4-10(14(17)18)5-11(9)15(19)20/h3-5,16H,2,6-8H2,1H3. The van der Waals surface area contributed by atoms with Crippen molar-refractivity contribution in [2.24, 2.45) is 0 Å². The quantitative estimate of drug-likeness (QED) is 0.646. The SMILES string of the molecule is CCC1(O)CN(Cc2ccc([N+](=O)[O-])cc2[N+](=O)[O-])C1. The van der Waals surface area contributed by atoms with E-state index in [4.69, 9.17) is 0 Å². The third kappa shape index (κ3) is 2.75. The maximum Gasteiger partial charge on any atom is 0.280 e. The molecule has 1 N–H and O–H groups in total. The van der Waals surface area contributed by atoms with E-state index >= 15 is 0 Å². The Morgan fingerprint density at radius 1 is 1.30 bits per heavy atom. The second kappa shape index (κ2) is 5.14. The van der Waals surface area contributed by atoms with E-state index in [0.29, 0.717) is 31.6 Å². The number of likely N-dealkylation sites (tertiary alicyclic amines) is 1. The number of nitro benzene ring substituents is 2. The summed E-state index contributed by atoms with van der Waals surface area (Å²) in [5.74, 6) is 0. The predicted molar refractivity (Wildman–Crippen MR) is 70.3 cm³/mol. The van der Waals surface area contributed by atoms with Gasteiger partial charge in [0.25, 0.3) is 11.4 Å². The Morgan fingerprint density at radius 2 is 1.95 bits per heavy atom. The number of aliphatic hydroxyl groups is 1. The normalized spacial score (nSPS) is 17.5. The van der Waals surface area contributed by atoms with Gasteiger partial charge in [-0.3, -0.25) is 25.1 Å². The molecular weight excluding hydrogens is 266 g/mol. The predicted octanol–water partition coefficient (Wildman–Crippen LogP) is 1.46. The van der Waals surface area contributed by atoms with Gasteiger partial charge in [0.1, 0.15) is 0 Å². The van der Waals surface area contributed by atoms with Gasteiger partial charge in [-0.2, -0.15) is 0 Å². The first kappa shape index (κ1) is 14.4. The van der Waals surface area contributed by atoms with Crippen molar-refractivity contribution in [1.29, 1.82) is 0 Å². The van der Waals surface area contributed by atoms with Crippen LogP contribution in [0.5, 0.6) is 0 Å². The maximum absolute atomic E-state index is 11.0. The molecule has 2 rings (SSSR count). The zero-order valence-corrected chi connectivity index (χ0v) is 11.0. The number of nitro groups is 2. The third-order valence-corrected chi connectivity index (χ3v) is 3.56. The van der Waals surface area contributed by atoms with Gasteiger partial charge in [0.15, 0.2) is 0 Å². The molecule has 0 amide bonds. The number of hydrogen-bond donors (Lipinski definition) is 1. The van der Waals surface area contributed by atoms with Crippen LogP contribution < -0.4 is 0 Å². The topological polar surface area (TPSA) is 110 Å². The summed E-state index contributed by atoms with van der Waals surface area (Å²) in [4.78, 5) is 22.2. The molecule has 8 heteroatoms. The van der Waals surface area contributed by atoms with Crippen LogP contribution in [0.25, 0.3) is 0 Å². The molecule has 0 unspecified atom stereocenters. The van der Waals surface area contributed by atoms with Gasteiger partial charge < -0.3 is 5.11 Å². The van der Waals surface area contributed by atoms with Gasteiger partial charge >= 0.3 is 0 Å². The first-order valence-electron chi connectivity index (χ1n) is 6.21. The van der Waals surface area contributed by atoms with Crippen LogP contribution in [0.15, 0.2) is 18.2 Å². The zero-order chi connectivity index (χ0) is 14.9. The summed E-state index contributed by atoms with van der Waals surface area (Å²) in [6.07, 6.45) is 0.631. The first-order chi connectivity index (χ1) is 9.34. The van der Waals surface area contributed by atoms with Gasteiger partial charge in [-0.05, 0) is 12.5 Å². The molecule has 0 saturated carbocycles. The Morgan fingerprint density at radius 3 is 2.45 bits per heavy atom. The molecule has 0 radical (unpaired) electrons. The molecule has 0 bridgehead atoms. The molecule has 0 atom stereocenters. The summed E-state index contributed by atoms with van der Waals surface area (Å²) < 4.78 is 0. The molecule has 1 aromatic carbocycles. The van der Waals surface area contributed by atoms with Crippen molar-refractivity contribution in [3.8, 4) is 0 Å². The van der Waals surface area contributed by atoms with E-state index in [1.807, 2.05) is 11.8 Å². The molecule has 1 saturated heterocycles. The Labute approximate surface area is 114 Å². The molecule has 0 aromatic heterocycles. The van der Waals surface area contributed by atoms with Crippen LogP contribution in [-0.4, -0.2) is 38.5 Å². The van der Waals surface area contributed by atoms with Gasteiger partial charge in [0, 0.05) is 31.3 Å². The molecule has 0 spiro atoms. The van der Waals surface area contributed by atoms with Gasteiger partial charge in [-0.25, -0.2) is 0 Å². The summed E-state index contributed by atoms with van der Waals surface area (Å²) in [5.41, 5.74) is -0.853. The molecule has 8 nitrogen and oxygen atoms in total. The fourth-order valence-corrected chi connectivity index (χ4v) is 2.33. The summed E-state index contributed by atoms with van der Waals surface area (Å²) >= 11 is 0. The van der Waals surface area contributed by atoms with Crippen molar-refractivity contribution in [3.63, 3.8) is 0 Å². The number of hydrogen-bond acceptors (Lipinski definition) is 6. The Bertz CT molecular complexity index is 554. The summed E-state index contributed by atoms with van der Waals surface area (Å²) in [5, 5.41) is 31.5. The van der Waals surface area contributed by atoms with Gasteiger partial charge in [0.2, 0.25) is 0 Å². The van der Waals surface area contributed by atoms with Crippen LogP contribution in [0.3, 0.4) is 0 Å². The van der Waals surface area contributed by atoms with E-state index in [9.17, 15) is 25.3 Å². The summed E-state index contributed by atoms with van der Waals surface area (Å²) in [6.45, 7) is 3.09. The van der Waals surface area contributed by atoms with Crippen molar-refractivity contribution < 1.29 is 15.0 Å². The second-order valence-electron chi connectivity index (χ2n) is 5.05. The van der Waals surface area contributed by atoms with Crippen molar-refractivity contribution in [2.45, 2.75) is 25.5 Å². The lowest BCUT2D eigenvalue weighted by atomic mass is 9.91. The number of non-ortho nitro benzene ring substituents is 1. The molecule has 108 valence electrons. The molecule has 1 aliphatic rings. The highest BCUT2D eigenvalue weighted by Crippen LogP contribution is 2.30. The lowest BCUT2D eigenvalue weighted by Gasteiger charge is -2.46. The van der Waals surface area contributed by atoms with Crippen molar-refractivity contribution in [1.82, 2.24) is 4.90 Å².